The van der Waals surface area contributed by atoms with Crippen LogP contribution in [0.5, 0.6) is 0 Å². The van der Waals surface area contributed by atoms with E-state index < -0.39 is 13.3 Å². The van der Waals surface area contributed by atoms with Gasteiger partial charge in [-0.05, 0) is 54.5 Å². The van der Waals surface area contributed by atoms with Crippen molar-refractivity contribution in [2.24, 2.45) is 0 Å². The minimum atomic E-state index is -3.79. The number of nitriles is 1. The monoisotopic (exact) mass is 505 g/mol. The average molecular weight is 506 g/mol. The fraction of sp³-hybridized carbons (Fsp3) is 0.120. The van der Waals surface area contributed by atoms with Crippen LogP contribution >= 0.6 is 19.0 Å². The molecule has 0 saturated carbocycles. The molecule has 4 aromatic rings. The van der Waals surface area contributed by atoms with Crippen LogP contribution < -0.4 is 15.9 Å². The van der Waals surface area contributed by atoms with Crippen LogP contribution in [0.3, 0.4) is 0 Å². The van der Waals surface area contributed by atoms with E-state index in [1.807, 2.05) is 19.1 Å². The normalized spacial score (nSPS) is 13.0. The van der Waals surface area contributed by atoms with Crippen molar-refractivity contribution in [3.05, 3.63) is 88.6 Å². The van der Waals surface area contributed by atoms with Gasteiger partial charge in [-0.1, -0.05) is 17.7 Å². The van der Waals surface area contributed by atoms with Crippen molar-refractivity contribution in [1.29, 1.82) is 5.26 Å². The minimum Gasteiger partial charge on any atom is -0.350 e. The first-order valence-corrected chi connectivity index (χ1v) is 12.5. The van der Waals surface area contributed by atoms with Gasteiger partial charge >= 0.3 is 0 Å². The van der Waals surface area contributed by atoms with Crippen molar-refractivity contribution in [1.82, 2.24) is 20.3 Å². The van der Waals surface area contributed by atoms with Crippen molar-refractivity contribution in [2.75, 3.05) is 7.11 Å². The number of aromatic nitrogens is 3. The summed E-state index contributed by atoms with van der Waals surface area (Å²) in [5, 5.41) is 13.3. The Balaban J connectivity index is 1.88. The standard InChI is InChI=1S/C25H21ClN5O3P/c1-16-8-17(4-3-7-27)10-20(9-16)35(33,34-2)24-21-11-19(26)5-6-22(21)31-23(24)25(32)30-14-18-12-28-15-29-13-18/h3-6,8-13,15,31H,14H2,1-2H3,(H,30,32)/b4-3+. The van der Waals surface area contributed by atoms with Gasteiger partial charge in [-0.15, -0.1) is 0 Å². The Morgan fingerprint density at radius 3 is 2.74 bits per heavy atom. The molecule has 35 heavy (non-hydrogen) atoms. The number of halogens is 1. The Labute approximate surface area is 207 Å². The summed E-state index contributed by atoms with van der Waals surface area (Å²) in [6.45, 7) is 2.04. The predicted molar refractivity (Wildman–Crippen MR) is 136 cm³/mol. The molecule has 4 rings (SSSR count). The summed E-state index contributed by atoms with van der Waals surface area (Å²) in [5.74, 6) is -0.467. The van der Waals surface area contributed by atoms with Crippen LogP contribution in [0.15, 0.2) is 61.2 Å². The lowest BCUT2D eigenvalue weighted by Gasteiger charge is -2.19. The molecule has 176 valence electrons. The van der Waals surface area contributed by atoms with Gasteiger partial charge in [0.15, 0.2) is 0 Å². The second-order valence-corrected chi connectivity index (χ2v) is 10.6. The maximum absolute atomic E-state index is 14.6. The number of amides is 1. The van der Waals surface area contributed by atoms with Gasteiger partial charge in [-0.25, -0.2) is 9.97 Å². The van der Waals surface area contributed by atoms with E-state index >= 15 is 0 Å². The van der Waals surface area contributed by atoms with Crippen LogP contribution in [-0.2, 0) is 15.6 Å². The zero-order chi connectivity index (χ0) is 25.0. The van der Waals surface area contributed by atoms with Crippen LogP contribution in [0.4, 0.5) is 0 Å². The molecule has 2 aromatic heterocycles. The lowest BCUT2D eigenvalue weighted by molar-refractivity contribution is 0.0947. The van der Waals surface area contributed by atoms with Crippen LogP contribution in [0.1, 0.15) is 27.2 Å². The average Bonchev–Trinajstić information content (AvgIpc) is 3.25. The summed E-state index contributed by atoms with van der Waals surface area (Å²) in [4.78, 5) is 24.3. The molecule has 0 spiro atoms. The maximum atomic E-state index is 14.6. The number of aromatic amines is 1. The van der Waals surface area contributed by atoms with Gasteiger partial charge in [0, 0.05) is 58.9 Å². The number of carbonyl (C=O) groups is 1. The number of aryl methyl sites for hydroxylation is 1. The number of benzene rings is 2. The first-order valence-electron chi connectivity index (χ1n) is 10.5. The number of nitrogens with one attached hydrogen (secondary N) is 2. The van der Waals surface area contributed by atoms with Gasteiger partial charge in [0.1, 0.15) is 12.0 Å². The highest BCUT2D eigenvalue weighted by Crippen LogP contribution is 2.47. The molecule has 2 aromatic carbocycles. The molecule has 8 nitrogen and oxygen atoms in total. The van der Waals surface area contributed by atoms with Gasteiger partial charge in [0.05, 0.1) is 11.4 Å². The molecule has 0 radical (unpaired) electrons. The van der Waals surface area contributed by atoms with Gasteiger partial charge in [0.2, 0.25) is 0 Å². The highest BCUT2D eigenvalue weighted by atomic mass is 35.5. The quantitative estimate of drug-likeness (QED) is 0.286. The van der Waals surface area contributed by atoms with E-state index in [0.29, 0.717) is 32.4 Å². The van der Waals surface area contributed by atoms with Gasteiger partial charge in [-0.3, -0.25) is 9.36 Å². The number of carbonyl (C=O) groups excluding carboxylic acids is 1. The van der Waals surface area contributed by atoms with Crippen molar-refractivity contribution in [3.8, 4) is 6.07 Å². The molecule has 2 N–H and O–H groups in total. The highest BCUT2D eigenvalue weighted by molar-refractivity contribution is 7.75. The molecule has 0 fully saturated rings. The number of nitrogens with zero attached hydrogens (tertiary/aromatic N) is 3. The van der Waals surface area contributed by atoms with E-state index in [4.69, 9.17) is 21.4 Å². The molecular weight excluding hydrogens is 485 g/mol. The molecular formula is C25H21ClN5O3P. The minimum absolute atomic E-state index is 0.111. The SMILES string of the molecule is COP(=O)(c1cc(C)cc(/C=C/C#N)c1)c1c(C(=O)NCc2cncnc2)[nH]c2ccc(Cl)cc12. The van der Waals surface area contributed by atoms with Crippen molar-refractivity contribution >= 4 is 52.5 Å². The number of hydrogen-bond donors (Lipinski definition) is 2. The Hall–Kier alpha value is -3.76. The number of allylic oxidation sites excluding steroid dienone is 1. The Morgan fingerprint density at radius 2 is 2.03 bits per heavy atom. The van der Waals surface area contributed by atoms with Crippen LogP contribution in [0.25, 0.3) is 17.0 Å². The third kappa shape index (κ3) is 5.03. The zero-order valence-corrected chi connectivity index (χ0v) is 20.6. The molecule has 1 amide bonds. The van der Waals surface area contributed by atoms with E-state index in [-0.39, 0.29) is 17.5 Å². The fourth-order valence-corrected chi connectivity index (χ4v) is 6.30. The van der Waals surface area contributed by atoms with E-state index in [9.17, 15) is 9.36 Å². The molecule has 0 aliphatic rings. The molecule has 1 unspecified atom stereocenters. The summed E-state index contributed by atoms with van der Waals surface area (Å²) in [6, 6.07) is 12.3. The first-order chi connectivity index (χ1) is 16.9. The second kappa shape index (κ2) is 10.2. The van der Waals surface area contributed by atoms with Crippen molar-refractivity contribution in [3.63, 3.8) is 0 Å². The Morgan fingerprint density at radius 1 is 1.26 bits per heavy atom. The number of hydrogen-bond acceptors (Lipinski definition) is 6. The predicted octanol–water partition coefficient (Wildman–Crippen LogP) is 4.26. The topological polar surface area (TPSA) is 121 Å². The summed E-state index contributed by atoms with van der Waals surface area (Å²) in [7, 11) is -2.44. The van der Waals surface area contributed by atoms with E-state index in [2.05, 4.69) is 20.3 Å². The van der Waals surface area contributed by atoms with E-state index in [1.54, 1.807) is 48.8 Å². The summed E-state index contributed by atoms with van der Waals surface area (Å²) >= 11 is 6.27. The molecule has 0 saturated heterocycles. The smallest absolute Gasteiger partial charge is 0.268 e. The maximum Gasteiger partial charge on any atom is 0.268 e. The highest BCUT2D eigenvalue weighted by Gasteiger charge is 2.36. The Kier molecular flexibility index (Phi) is 7.13. The lowest BCUT2D eigenvalue weighted by atomic mass is 10.1. The summed E-state index contributed by atoms with van der Waals surface area (Å²) in [5.41, 5.74) is 2.92. The third-order valence-electron chi connectivity index (χ3n) is 5.35. The molecule has 0 aliphatic heterocycles. The largest absolute Gasteiger partial charge is 0.350 e. The first kappa shape index (κ1) is 24.4. The fourth-order valence-electron chi connectivity index (χ4n) is 3.83. The third-order valence-corrected chi connectivity index (χ3v) is 8.09. The number of rotatable bonds is 7. The second-order valence-electron chi connectivity index (χ2n) is 7.77. The molecule has 2 heterocycles. The van der Waals surface area contributed by atoms with Crippen molar-refractivity contribution in [2.45, 2.75) is 13.5 Å². The molecule has 1 atom stereocenters. The Bertz CT molecular complexity index is 1530. The van der Waals surface area contributed by atoms with Gasteiger partial charge in [-0.2, -0.15) is 5.26 Å². The van der Waals surface area contributed by atoms with E-state index in [1.165, 1.54) is 19.5 Å². The van der Waals surface area contributed by atoms with Crippen LogP contribution in [-0.4, -0.2) is 28.0 Å². The zero-order valence-electron chi connectivity index (χ0n) is 18.9. The number of fused-ring (bicyclic) bond motifs is 1. The summed E-state index contributed by atoms with van der Waals surface area (Å²) in [6.07, 6.45) is 7.57. The van der Waals surface area contributed by atoms with Crippen LogP contribution in [0.2, 0.25) is 5.02 Å². The lowest BCUT2D eigenvalue weighted by Crippen LogP contribution is -2.30. The van der Waals surface area contributed by atoms with Crippen LogP contribution in [0, 0.1) is 18.3 Å². The number of H-pyrrole nitrogens is 1. The van der Waals surface area contributed by atoms with Gasteiger partial charge in [0.25, 0.3) is 13.3 Å². The summed E-state index contributed by atoms with van der Waals surface area (Å²) < 4.78 is 20.3. The van der Waals surface area contributed by atoms with Crippen molar-refractivity contribution < 1.29 is 13.9 Å². The molecule has 10 heteroatoms. The molecule has 0 aliphatic carbocycles. The van der Waals surface area contributed by atoms with Gasteiger partial charge < -0.3 is 14.8 Å². The molecule has 0 bridgehead atoms. The van der Waals surface area contributed by atoms with E-state index in [0.717, 1.165) is 5.56 Å².